The van der Waals surface area contributed by atoms with Crippen LogP contribution in [0.25, 0.3) is 11.2 Å². The number of likely N-dealkylation sites (N-methyl/N-ethyl adjacent to an activating group) is 1. The molecule has 4 N–H and O–H groups in total. The van der Waals surface area contributed by atoms with E-state index in [0.717, 1.165) is 0 Å². The number of amides is 2. The lowest BCUT2D eigenvalue weighted by molar-refractivity contribution is -0.0422. The molecular weight excluding hydrogens is 442 g/mol. The van der Waals surface area contributed by atoms with E-state index in [9.17, 15) is 19.8 Å². The van der Waals surface area contributed by atoms with Gasteiger partial charge in [-0.1, -0.05) is 12.1 Å². The normalized spacial score (nSPS) is 24.5. The van der Waals surface area contributed by atoms with Crippen LogP contribution in [0, 0.1) is 0 Å². The minimum atomic E-state index is -1.19. The lowest BCUT2D eigenvalue weighted by Gasteiger charge is -2.23. The molecule has 12 nitrogen and oxygen atoms in total. The van der Waals surface area contributed by atoms with Crippen LogP contribution in [-0.4, -0.2) is 96.3 Å². The summed E-state index contributed by atoms with van der Waals surface area (Å²) >= 11 is 0. The Morgan fingerprint density at radius 3 is 2.50 bits per heavy atom. The number of carbonyl (C=O) groups excluding carboxylic acids is 2. The second-order valence-corrected chi connectivity index (χ2v) is 8.55. The van der Waals surface area contributed by atoms with Crippen LogP contribution in [0.4, 0.5) is 5.82 Å². The molecule has 0 aliphatic carbocycles. The molecule has 34 heavy (non-hydrogen) atoms. The Morgan fingerprint density at radius 2 is 1.79 bits per heavy atom. The van der Waals surface area contributed by atoms with Crippen LogP contribution >= 0.6 is 0 Å². The van der Waals surface area contributed by atoms with E-state index in [1.54, 1.807) is 24.3 Å². The first-order valence-electron chi connectivity index (χ1n) is 10.9. The zero-order chi connectivity index (χ0) is 24.0. The molecule has 178 valence electrons. The van der Waals surface area contributed by atoms with Crippen LogP contribution in [0.2, 0.25) is 0 Å². The molecule has 3 aromatic rings. The predicted molar refractivity (Wildman–Crippen MR) is 120 cm³/mol. The molecule has 5 rings (SSSR count). The summed E-state index contributed by atoms with van der Waals surface area (Å²) in [6, 6.07) is 6.80. The Labute approximate surface area is 194 Å². The number of imide groups is 1. The molecular formula is C22H25N7O5. The molecule has 0 bridgehead atoms. The van der Waals surface area contributed by atoms with Crippen LogP contribution in [-0.2, 0) is 4.74 Å². The highest BCUT2D eigenvalue weighted by atomic mass is 16.6. The van der Waals surface area contributed by atoms with Gasteiger partial charge in [0.1, 0.15) is 30.2 Å². The molecule has 0 radical (unpaired) electrons. The Kier molecular flexibility index (Phi) is 5.73. The van der Waals surface area contributed by atoms with E-state index in [0.29, 0.717) is 41.8 Å². The largest absolute Gasteiger partial charge is 0.387 e. The first-order chi connectivity index (χ1) is 16.4. The third-order valence-electron chi connectivity index (χ3n) is 6.29. The van der Waals surface area contributed by atoms with Gasteiger partial charge in [0, 0.05) is 13.1 Å². The molecule has 0 unspecified atom stereocenters. The van der Waals surface area contributed by atoms with Crippen molar-refractivity contribution in [2.75, 3.05) is 32.4 Å². The lowest BCUT2D eigenvalue weighted by atomic mass is 10.1. The number of carbonyl (C=O) groups is 2. The predicted octanol–water partition coefficient (Wildman–Crippen LogP) is -0.354. The fraction of sp³-hybridized carbons (Fsp3) is 0.409. The van der Waals surface area contributed by atoms with Crippen molar-refractivity contribution in [3.8, 4) is 0 Å². The van der Waals surface area contributed by atoms with Gasteiger partial charge in [0.15, 0.2) is 17.7 Å². The number of nitrogens with two attached hydrogens (primary N) is 1. The maximum atomic E-state index is 12.5. The zero-order valence-electron chi connectivity index (χ0n) is 18.5. The molecule has 4 atom stereocenters. The van der Waals surface area contributed by atoms with Gasteiger partial charge in [0.25, 0.3) is 11.8 Å². The van der Waals surface area contributed by atoms with E-state index < -0.39 is 24.5 Å². The minimum absolute atomic E-state index is 0.214. The number of fused-ring (bicyclic) bond motifs is 2. The summed E-state index contributed by atoms with van der Waals surface area (Å²) in [6.45, 7) is 1.18. The van der Waals surface area contributed by atoms with Crippen molar-refractivity contribution < 1.29 is 24.5 Å². The third-order valence-corrected chi connectivity index (χ3v) is 6.29. The SMILES string of the molecule is CN(CCCN1C(=O)c2ccccc2C1=O)C[C@H]1O[C@@H](n2cnc3c(N)ncnc32)[C@H](O)[C@H]1O. The Bertz CT molecular complexity index is 1210. The monoisotopic (exact) mass is 467 g/mol. The average Bonchev–Trinajstić information content (AvgIpc) is 3.45. The quantitative estimate of drug-likeness (QED) is 0.392. The Morgan fingerprint density at radius 1 is 1.09 bits per heavy atom. The lowest BCUT2D eigenvalue weighted by Crippen LogP contribution is -2.39. The second-order valence-electron chi connectivity index (χ2n) is 8.55. The second kappa shape index (κ2) is 8.72. The van der Waals surface area contributed by atoms with Crippen molar-refractivity contribution in [1.82, 2.24) is 29.3 Å². The first kappa shape index (κ1) is 22.3. The van der Waals surface area contributed by atoms with Crippen LogP contribution in [0.1, 0.15) is 33.4 Å². The summed E-state index contributed by atoms with van der Waals surface area (Å²) in [7, 11) is 1.85. The highest BCUT2D eigenvalue weighted by Gasteiger charge is 2.44. The number of rotatable bonds is 7. The maximum Gasteiger partial charge on any atom is 0.261 e. The number of aliphatic hydroxyl groups is 2. The number of hydrogen-bond donors (Lipinski definition) is 3. The van der Waals surface area contributed by atoms with Gasteiger partial charge in [-0.3, -0.25) is 19.1 Å². The summed E-state index contributed by atoms with van der Waals surface area (Å²) < 4.78 is 7.50. The van der Waals surface area contributed by atoms with Crippen molar-refractivity contribution >= 4 is 28.8 Å². The van der Waals surface area contributed by atoms with E-state index in [4.69, 9.17) is 10.5 Å². The molecule has 2 aliphatic rings. The smallest absolute Gasteiger partial charge is 0.261 e. The van der Waals surface area contributed by atoms with Gasteiger partial charge < -0.3 is 25.6 Å². The van der Waals surface area contributed by atoms with E-state index in [2.05, 4.69) is 15.0 Å². The molecule has 4 heterocycles. The highest BCUT2D eigenvalue weighted by Crippen LogP contribution is 2.32. The number of nitrogens with zero attached hydrogens (tertiary/aromatic N) is 6. The summed E-state index contributed by atoms with van der Waals surface area (Å²) in [4.78, 5) is 40.4. The molecule has 1 saturated heterocycles. The number of anilines is 1. The molecule has 2 amide bonds. The maximum absolute atomic E-state index is 12.5. The molecule has 1 fully saturated rings. The zero-order valence-corrected chi connectivity index (χ0v) is 18.5. The molecule has 12 heteroatoms. The molecule has 2 aliphatic heterocycles. The van der Waals surface area contributed by atoms with Gasteiger partial charge in [0.2, 0.25) is 0 Å². The van der Waals surface area contributed by atoms with Crippen molar-refractivity contribution in [3.63, 3.8) is 0 Å². The fourth-order valence-electron chi connectivity index (χ4n) is 4.51. The van der Waals surface area contributed by atoms with E-state index in [1.165, 1.54) is 22.1 Å². The van der Waals surface area contributed by atoms with E-state index in [1.807, 2.05) is 11.9 Å². The summed E-state index contributed by atoms with van der Waals surface area (Å²) in [6.07, 6.45) is -0.561. The molecule has 0 spiro atoms. The molecule has 1 aromatic carbocycles. The highest BCUT2D eigenvalue weighted by molar-refractivity contribution is 6.21. The van der Waals surface area contributed by atoms with Gasteiger partial charge in [-0.2, -0.15) is 0 Å². The van der Waals surface area contributed by atoms with E-state index >= 15 is 0 Å². The standard InChI is InChI=1S/C22H25N7O5/c1-27(7-4-8-28-20(32)12-5-2-3-6-13(12)21(28)33)9-14-16(30)17(31)22(34-14)29-11-26-15-18(23)24-10-25-19(15)29/h2-3,5-6,10-11,14,16-17,22,30-31H,4,7-9H2,1H3,(H2,23,24,25)/t14-,16+,17-,22-/m1/s1. The van der Waals surface area contributed by atoms with E-state index in [-0.39, 0.29) is 24.2 Å². The molecule has 2 aromatic heterocycles. The van der Waals surface area contributed by atoms with Crippen molar-refractivity contribution in [3.05, 3.63) is 48.0 Å². The third kappa shape index (κ3) is 3.70. The van der Waals surface area contributed by atoms with Crippen LogP contribution in [0.5, 0.6) is 0 Å². The number of benzene rings is 1. The van der Waals surface area contributed by atoms with Crippen molar-refractivity contribution in [2.45, 2.75) is 31.0 Å². The van der Waals surface area contributed by atoms with Gasteiger partial charge in [-0.15, -0.1) is 0 Å². The topological polar surface area (TPSA) is 160 Å². The van der Waals surface area contributed by atoms with Crippen LogP contribution in [0.3, 0.4) is 0 Å². The number of imidazole rings is 1. The fourth-order valence-corrected chi connectivity index (χ4v) is 4.51. The summed E-state index contributed by atoms with van der Waals surface area (Å²) in [5, 5.41) is 21.2. The summed E-state index contributed by atoms with van der Waals surface area (Å²) in [5.74, 6) is -0.340. The van der Waals surface area contributed by atoms with Crippen LogP contribution in [0.15, 0.2) is 36.9 Å². The van der Waals surface area contributed by atoms with Gasteiger partial charge >= 0.3 is 0 Å². The number of aromatic nitrogens is 4. The number of ether oxygens (including phenoxy) is 1. The number of hydrogen-bond acceptors (Lipinski definition) is 10. The summed E-state index contributed by atoms with van der Waals surface area (Å²) in [5.41, 5.74) is 7.48. The first-order valence-corrected chi connectivity index (χ1v) is 10.9. The van der Waals surface area contributed by atoms with Crippen LogP contribution < -0.4 is 5.73 Å². The van der Waals surface area contributed by atoms with Gasteiger partial charge in [-0.05, 0) is 32.1 Å². The van der Waals surface area contributed by atoms with Crippen molar-refractivity contribution in [1.29, 1.82) is 0 Å². The minimum Gasteiger partial charge on any atom is -0.387 e. The molecule has 0 saturated carbocycles. The number of aliphatic hydroxyl groups excluding tert-OH is 2. The average molecular weight is 467 g/mol. The van der Waals surface area contributed by atoms with Gasteiger partial charge in [0.05, 0.1) is 17.5 Å². The van der Waals surface area contributed by atoms with Gasteiger partial charge in [-0.25, -0.2) is 15.0 Å². The number of nitrogen functional groups attached to an aromatic ring is 1. The van der Waals surface area contributed by atoms with Crippen molar-refractivity contribution in [2.24, 2.45) is 0 Å². The Balaban J connectivity index is 1.18. The Hall–Kier alpha value is -3.45.